The fourth-order valence-electron chi connectivity index (χ4n) is 1.60. The summed E-state index contributed by atoms with van der Waals surface area (Å²) in [6.45, 7) is 4.52. The van der Waals surface area contributed by atoms with E-state index in [0.717, 1.165) is 21.3 Å². The van der Waals surface area contributed by atoms with Gasteiger partial charge in [0.1, 0.15) is 10.1 Å². The highest BCUT2D eigenvalue weighted by Gasteiger charge is 2.09. The predicted molar refractivity (Wildman–Crippen MR) is 67.8 cm³/mol. The molecule has 2 rings (SSSR count). The molecule has 0 bridgehead atoms. The second kappa shape index (κ2) is 5.25. The molecule has 2 N–H and O–H groups in total. The highest BCUT2D eigenvalue weighted by molar-refractivity contribution is 7.99. The van der Waals surface area contributed by atoms with Crippen LogP contribution in [0.2, 0.25) is 0 Å². The molecule has 2 aromatic heterocycles. The van der Waals surface area contributed by atoms with E-state index in [0.29, 0.717) is 6.54 Å². The molecule has 88 valence electrons. The summed E-state index contributed by atoms with van der Waals surface area (Å²) in [5.74, 6) is 0. The smallest absolute Gasteiger partial charge is 0.121 e. The minimum Gasteiger partial charge on any atom is -0.326 e. The lowest BCUT2D eigenvalue weighted by Crippen LogP contribution is -2.04. The summed E-state index contributed by atoms with van der Waals surface area (Å²) < 4.78 is 0. The Kier molecular flexibility index (Phi) is 3.71. The molecule has 0 fully saturated rings. The van der Waals surface area contributed by atoms with Gasteiger partial charge in [-0.15, -0.1) is 0 Å². The molecule has 0 amide bonds. The molecule has 0 spiro atoms. The fraction of sp³-hybridized carbons (Fsp3) is 0.250. The van der Waals surface area contributed by atoms with Crippen LogP contribution in [0, 0.1) is 13.8 Å². The molecular formula is C12H14N4S. The van der Waals surface area contributed by atoms with Crippen molar-refractivity contribution < 1.29 is 0 Å². The van der Waals surface area contributed by atoms with Crippen molar-refractivity contribution in [2.45, 2.75) is 30.4 Å². The summed E-state index contributed by atoms with van der Waals surface area (Å²) in [6.07, 6.45) is 5.06. The predicted octanol–water partition coefficient (Wildman–Crippen LogP) is 2.10. The summed E-state index contributed by atoms with van der Waals surface area (Å²) in [6, 6.07) is 2.04. The van der Waals surface area contributed by atoms with Crippen LogP contribution in [0.5, 0.6) is 0 Å². The topological polar surface area (TPSA) is 64.7 Å². The molecule has 5 heteroatoms. The summed E-state index contributed by atoms with van der Waals surface area (Å²) in [5.41, 5.74) is 9.01. The van der Waals surface area contributed by atoms with Gasteiger partial charge in [0, 0.05) is 30.2 Å². The molecule has 2 heterocycles. The Hall–Kier alpha value is -1.46. The lowest BCUT2D eigenvalue weighted by atomic mass is 10.1. The quantitative estimate of drug-likeness (QED) is 0.898. The number of nitrogens with two attached hydrogens (primary N) is 1. The van der Waals surface area contributed by atoms with Gasteiger partial charge in [-0.1, -0.05) is 0 Å². The van der Waals surface area contributed by atoms with Crippen molar-refractivity contribution in [1.29, 1.82) is 0 Å². The largest absolute Gasteiger partial charge is 0.326 e. The Morgan fingerprint density at radius 1 is 1.29 bits per heavy atom. The molecule has 0 aliphatic rings. The molecule has 0 aromatic carbocycles. The Morgan fingerprint density at radius 3 is 2.76 bits per heavy atom. The van der Waals surface area contributed by atoms with Crippen molar-refractivity contribution >= 4 is 11.8 Å². The van der Waals surface area contributed by atoms with Crippen LogP contribution in [0.25, 0.3) is 0 Å². The van der Waals surface area contributed by atoms with Crippen molar-refractivity contribution in [2.24, 2.45) is 5.73 Å². The van der Waals surface area contributed by atoms with Crippen LogP contribution in [0.4, 0.5) is 0 Å². The van der Waals surface area contributed by atoms with Gasteiger partial charge in [0.25, 0.3) is 0 Å². The molecule has 0 unspecified atom stereocenters. The van der Waals surface area contributed by atoms with Gasteiger partial charge in [-0.25, -0.2) is 9.97 Å². The van der Waals surface area contributed by atoms with E-state index in [1.54, 1.807) is 18.6 Å². The molecule has 0 saturated carbocycles. The lowest BCUT2D eigenvalue weighted by molar-refractivity contribution is 0.918. The number of nitrogens with zero attached hydrogens (tertiary/aromatic N) is 3. The van der Waals surface area contributed by atoms with Gasteiger partial charge in [0.15, 0.2) is 0 Å². The second-order valence-electron chi connectivity index (χ2n) is 3.71. The molecule has 0 atom stereocenters. The number of aromatic nitrogens is 3. The van der Waals surface area contributed by atoms with E-state index in [-0.39, 0.29) is 0 Å². The van der Waals surface area contributed by atoms with E-state index in [4.69, 9.17) is 5.73 Å². The standard InChI is InChI=1S/C12H14N4S/c1-8-5-9(2)16-12(10(8)6-13)17-11-7-14-3-4-15-11/h3-5,7H,6,13H2,1-2H3. The van der Waals surface area contributed by atoms with Crippen molar-refractivity contribution in [2.75, 3.05) is 0 Å². The number of pyridine rings is 1. The molecule has 0 radical (unpaired) electrons. The van der Waals surface area contributed by atoms with Gasteiger partial charge in [-0.3, -0.25) is 4.98 Å². The van der Waals surface area contributed by atoms with Gasteiger partial charge in [0.2, 0.25) is 0 Å². The van der Waals surface area contributed by atoms with Crippen LogP contribution >= 0.6 is 11.8 Å². The normalized spacial score (nSPS) is 10.5. The lowest BCUT2D eigenvalue weighted by Gasteiger charge is -2.10. The Balaban J connectivity index is 2.38. The summed E-state index contributed by atoms with van der Waals surface area (Å²) in [7, 11) is 0. The van der Waals surface area contributed by atoms with Gasteiger partial charge in [-0.2, -0.15) is 0 Å². The third-order valence-corrected chi connectivity index (χ3v) is 3.33. The van der Waals surface area contributed by atoms with Crippen LogP contribution in [-0.2, 0) is 6.54 Å². The van der Waals surface area contributed by atoms with Crippen LogP contribution in [0.1, 0.15) is 16.8 Å². The average Bonchev–Trinajstić information content (AvgIpc) is 2.30. The minimum absolute atomic E-state index is 0.488. The van der Waals surface area contributed by atoms with Crippen molar-refractivity contribution in [1.82, 2.24) is 15.0 Å². The number of hydrogen-bond donors (Lipinski definition) is 1. The Labute approximate surface area is 105 Å². The summed E-state index contributed by atoms with van der Waals surface area (Å²) in [4.78, 5) is 12.8. The van der Waals surface area contributed by atoms with E-state index < -0.39 is 0 Å². The third-order valence-electron chi connectivity index (χ3n) is 2.38. The molecule has 2 aromatic rings. The maximum absolute atomic E-state index is 5.77. The van der Waals surface area contributed by atoms with Gasteiger partial charge in [0.05, 0.1) is 6.20 Å². The second-order valence-corrected chi connectivity index (χ2v) is 4.72. The van der Waals surface area contributed by atoms with E-state index in [1.165, 1.54) is 17.3 Å². The Morgan fingerprint density at radius 2 is 2.12 bits per heavy atom. The van der Waals surface area contributed by atoms with Crippen LogP contribution in [0.3, 0.4) is 0 Å². The highest BCUT2D eigenvalue weighted by atomic mass is 32.2. The number of hydrogen-bond acceptors (Lipinski definition) is 5. The Bertz CT molecular complexity index is 513. The molecular weight excluding hydrogens is 232 g/mol. The van der Waals surface area contributed by atoms with Crippen molar-refractivity contribution in [3.05, 3.63) is 41.5 Å². The summed E-state index contributed by atoms with van der Waals surface area (Å²) in [5, 5.41) is 1.75. The van der Waals surface area contributed by atoms with E-state index >= 15 is 0 Å². The first-order chi connectivity index (χ1) is 8.20. The maximum atomic E-state index is 5.77. The van der Waals surface area contributed by atoms with Gasteiger partial charge < -0.3 is 5.73 Å². The van der Waals surface area contributed by atoms with Crippen LogP contribution in [0.15, 0.2) is 34.7 Å². The molecule has 4 nitrogen and oxygen atoms in total. The van der Waals surface area contributed by atoms with Crippen LogP contribution < -0.4 is 5.73 Å². The zero-order valence-electron chi connectivity index (χ0n) is 9.84. The van der Waals surface area contributed by atoms with E-state index in [9.17, 15) is 0 Å². The molecule has 0 aliphatic carbocycles. The number of aryl methyl sites for hydroxylation is 2. The maximum Gasteiger partial charge on any atom is 0.121 e. The molecule has 0 aliphatic heterocycles. The van der Waals surface area contributed by atoms with E-state index in [2.05, 4.69) is 21.9 Å². The molecule has 17 heavy (non-hydrogen) atoms. The third kappa shape index (κ3) is 2.81. The monoisotopic (exact) mass is 246 g/mol. The van der Waals surface area contributed by atoms with E-state index in [1.807, 2.05) is 13.0 Å². The van der Waals surface area contributed by atoms with Crippen molar-refractivity contribution in [3.63, 3.8) is 0 Å². The first-order valence-corrected chi connectivity index (χ1v) is 6.13. The zero-order valence-corrected chi connectivity index (χ0v) is 10.7. The first kappa shape index (κ1) is 12.0. The van der Waals surface area contributed by atoms with Crippen LogP contribution in [-0.4, -0.2) is 15.0 Å². The zero-order chi connectivity index (χ0) is 12.3. The van der Waals surface area contributed by atoms with Crippen molar-refractivity contribution in [3.8, 4) is 0 Å². The van der Waals surface area contributed by atoms with Gasteiger partial charge >= 0.3 is 0 Å². The highest BCUT2D eigenvalue weighted by Crippen LogP contribution is 2.28. The fourth-order valence-corrected chi connectivity index (χ4v) is 2.58. The average molecular weight is 246 g/mol. The minimum atomic E-state index is 0.488. The number of rotatable bonds is 3. The first-order valence-electron chi connectivity index (χ1n) is 5.31. The molecule has 0 saturated heterocycles. The summed E-state index contributed by atoms with van der Waals surface area (Å²) >= 11 is 1.50. The van der Waals surface area contributed by atoms with Gasteiger partial charge in [-0.05, 0) is 37.2 Å². The SMILES string of the molecule is Cc1cc(C)c(CN)c(Sc2cnccn2)n1.